The van der Waals surface area contributed by atoms with E-state index in [0.29, 0.717) is 5.92 Å². The predicted octanol–water partition coefficient (Wildman–Crippen LogP) is -3.21. The molecule has 0 saturated heterocycles. The molecule has 1 rings (SSSR count). The molecule has 0 unspecified atom stereocenters. The van der Waals surface area contributed by atoms with Crippen LogP contribution in [0.3, 0.4) is 0 Å². The van der Waals surface area contributed by atoms with Crippen LogP contribution in [0.25, 0.3) is 0 Å². The second-order valence-electron chi connectivity index (χ2n) is 2.59. The van der Waals surface area contributed by atoms with Gasteiger partial charge in [-0.2, -0.15) is 0 Å². The molecule has 3 heteroatoms. The molecule has 0 heterocycles. The van der Waals surface area contributed by atoms with Crippen molar-refractivity contribution in [2.45, 2.75) is 19.8 Å². The summed E-state index contributed by atoms with van der Waals surface area (Å²) in [6.07, 6.45) is 1.64. The van der Waals surface area contributed by atoms with E-state index in [-0.39, 0.29) is 24.8 Å². The smallest absolute Gasteiger partial charge is 0.550 e. The average Bonchev–Trinajstić information content (AvgIpc) is 1.57. The van der Waals surface area contributed by atoms with Crippen LogP contribution in [0.1, 0.15) is 19.8 Å². The number of aliphatic carboxylic acids is 1. The van der Waals surface area contributed by atoms with E-state index in [2.05, 4.69) is 6.92 Å². The van der Waals surface area contributed by atoms with Gasteiger partial charge >= 0.3 is 18.9 Å². The number of carbonyl (C=O) groups is 1. The zero-order valence-corrected chi connectivity index (χ0v) is 5.89. The van der Waals surface area contributed by atoms with Gasteiger partial charge in [0.15, 0.2) is 0 Å². The van der Waals surface area contributed by atoms with Crippen molar-refractivity contribution in [2.24, 2.45) is 11.8 Å². The summed E-state index contributed by atoms with van der Waals surface area (Å²) in [5, 5.41) is 10.0. The van der Waals surface area contributed by atoms with Gasteiger partial charge in [-0.3, -0.25) is 0 Å². The van der Waals surface area contributed by atoms with Gasteiger partial charge in [0, 0.05) is 5.97 Å². The van der Waals surface area contributed by atoms with Gasteiger partial charge in [0.05, 0.1) is 0 Å². The molecule has 1 saturated carbocycles. The van der Waals surface area contributed by atoms with Crippen LogP contribution >= 0.6 is 0 Å². The molecule has 0 radical (unpaired) electrons. The number of carbonyl (C=O) groups excluding carboxylic acids is 1. The van der Waals surface area contributed by atoms with Crippen molar-refractivity contribution in [2.75, 3.05) is 0 Å². The molecule has 0 spiro atoms. The molecule has 1 fully saturated rings. The Hall–Kier alpha value is 0.0674. The predicted molar refractivity (Wildman–Crippen MR) is 26.9 cm³/mol. The molecule has 9 heavy (non-hydrogen) atoms. The largest absolute Gasteiger partial charge is 1.00 e. The Bertz CT molecular complexity index is 108. The van der Waals surface area contributed by atoms with Crippen LogP contribution in [0.5, 0.6) is 0 Å². The van der Waals surface area contributed by atoms with Crippen molar-refractivity contribution in [3.8, 4) is 0 Å². The SMILES string of the molecule is CC1CC(C(=O)[O-])C1.[Li+]. The van der Waals surface area contributed by atoms with Crippen LogP contribution in [0.15, 0.2) is 0 Å². The Balaban J connectivity index is 0.000000640. The second kappa shape index (κ2) is 3.29. The van der Waals surface area contributed by atoms with Crippen LogP contribution < -0.4 is 24.0 Å². The van der Waals surface area contributed by atoms with Gasteiger partial charge in [-0.25, -0.2) is 0 Å². The minimum absolute atomic E-state index is 0. The molecule has 2 nitrogen and oxygen atoms in total. The molecule has 46 valence electrons. The molecule has 0 aromatic carbocycles. The zero-order chi connectivity index (χ0) is 6.15. The average molecular weight is 120 g/mol. The number of hydrogen-bond acceptors (Lipinski definition) is 2. The summed E-state index contributed by atoms with van der Waals surface area (Å²) in [5.41, 5.74) is 0. The third kappa shape index (κ3) is 2.04. The molecule has 0 N–H and O–H groups in total. The van der Waals surface area contributed by atoms with Crippen molar-refractivity contribution in [1.29, 1.82) is 0 Å². The molecule has 0 aliphatic heterocycles. The van der Waals surface area contributed by atoms with E-state index in [0.717, 1.165) is 12.8 Å². The Kier molecular flexibility index (Phi) is 3.31. The first kappa shape index (κ1) is 9.07. The molecule has 1 aliphatic carbocycles. The van der Waals surface area contributed by atoms with E-state index in [1.165, 1.54) is 0 Å². The van der Waals surface area contributed by atoms with Crippen LogP contribution in [0.4, 0.5) is 0 Å². The van der Waals surface area contributed by atoms with Gasteiger partial charge in [0.25, 0.3) is 0 Å². The van der Waals surface area contributed by atoms with E-state index >= 15 is 0 Å². The van der Waals surface area contributed by atoms with Gasteiger partial charge in [-0.05, 0) is 24.7 Å². The summed E-state index contributed by atoms with van der Waals surface area (Å²) in [6.45, 7) is 2.06. The minimum Gasteiger partial charge on any atom is -0.550 e. The van der Waals surface area contributed by atoms with Gasteiger partial charge in [-0.15, -0.1) is 0 Å². The first-order valence-corrected chi connectivity index (χ1v) is 2.91. The van der Waals surface area contributed by atoms with Crippen LogP contribution in [0, 0.1) is 11.8 Å². The first-order chi connectivity index (χ1) is 3.70. The van der Waals surface area contributed by atoms with Gasteiger partial charge in [0.2, 0.25) is 0 Å². The van der Waals surface area contributed by atoms with Crippen molar-refractivity contribution in [3.05, 3.63) is 0 Å². The fraction of sp³-hybridized carbons (Fsp3) is 0.833. The summed E-state index contributed by atoms with van der Waals surface area (Å²) in [5.74, 6) is -0.397. The second-order valence-corrected chi connectivity index (χ2v) is 2.59. The summed E-state index contributed by atoms with van der Waals surface area (Å²) in [6, 6.07) is 0. The third-order valence-electron chi connectivity index (χ3n) is 1.71. The van der Waals surface area contributed by atoms with E-state index in [1.54, 1.807) is 0 Å². The number of carboxylic acids is 1. The Labute approximate surface area is 66.8 Å². The first-order valence-electron chi connectivity index (χ1n) is 2.91. The van der Waals surface area contributed by atoms with E-state index < -0.39 is 5.97 Å². The number of rotatable bonds is 1. The topological polar surface area (TPSA) is 40.1 Å². The van der Waals surface area contributed by atoms with Crippen molar-refractivity contribution in [1.82, 2.24) is 0 Å². The summed E-state index contributed by atoms with van der Waals surface area (Å²) < 4.78 is 0. The van der Waals surface area contributed by atoms with Gasteiger partial charge < -0.3 is 9.90 Å². The van der Waals surface area contributed by atoms with Crippen molar-refractivity contribution < 1.29 is 28.8 Å². The molecule has 0 bridgehead atoms. The number of hydrogen-bond donors (Lipinski definition) is 0. The normalized spacial score (nSPS) is 32.1. The zero-order valence-electron chi connectivity index (χ0n) is 5.89. The standard InChI is InChI=1S/C6H10O2.Li/c1-4-2-5(3-4)6(7)8;/h4-5H,2-3H2,1H3,(H,7,8);/q;+1/p-1. The van der Waals surface area contributed by atoms with Crippen LogP contribution in [-0.4, -0.2) is 5.97 Å². The molecule has 0 aromatic rings. The van der Waals surface area contributed by atoms with E-state index in [1.807, 2.05) is 0 Å². The molecular formula is C6H9LiO2. The van der Waals surface area contributed by atoms with Gasteiger partial charge in [0.1, 0.15) is 0 Å². The Morgan fingerprint density at radius 3 is 2.11 bits per heavy atom. The van der Waals surface area contributed by atoms with Crippen LogP contribution in [-0.2, 0) is 4.79 Å². The van der Waals surface area contributed by atoms with Crippen LogP contribution in [0.2, 0.25) is 0 Å². The fourth-order valence-electron chi connectivity index (χ4n) is 1.09. The summed E-state index contributed by atoms with van der Waals surface area (Å²) in [7, 11) is 0. The number of carboxylic acid groups (broad SMARTS) is 1. The van der Waals surface area contributed by atoms with E-state index in [4.69, 9.17) is 0 Å². The molecular weight excluding hydrogens is 111 g/mol. The molecule has 1 aliphatic rings. The van der Waals surface area contributed by atoms with Gasteiger partial charge in [-0.1, -0.05) is 6.92 Å². The monoisotopic (exact) mass is 120 g/mol. The third-order valence-corrected chi connectivity index (χ3v) is 1.71. The summed E-state index contributed by atoms with van der Waals surface area (Å²) >= 11 is 0. The molecule has 0 amide bonds. The maximum absolute atomic E-state index is 10.0. The quantitative estimate of drug-likeness (QED) is 0.342. The maximum atomic E-state index is 10.0. The maximum Gasteiger partial charge on any atom is 1.00 e. The molecule has 0 atom stereocenters. The fourth-order valence-corrected chi connectivity index (χ4v) is 1.09. The minimum atomic E-state index is -0.872. The van der Waals surface area contributed by atoms with Crippen molar-refractivity contribution >= 4 is 5.97 Å². The molecule has 0 aromatic heterocycles. The Morgan fingerprint density at radius 2 is 2.00 bits per heavy atom. The summed E-state index contributed by atoms with van der Waals surface area (Å²) in [4.78, 5) is 10.0. The van der Waals surface area contributed by atoms with E-state index in [9.17, 15) is 9.90 Å². The van der Waals surface area contributed by atoms with Crippen molar-refractivity contribution in [3.63, 3.8) is 0 Å². The Morgan fingerprint density at radius 1 is 1.56 bits per heavy atom.